The lowest BCUT2D eigenvalue weighted by Crippen LogP contribution is -2.22. The van der Waals surface area contributed by atoms with E-state index in [4.69, 9.17) is 5.73 Å². The molecular weight excluding hydrogens is 198 g/mol. The van der Waals surface area contributed by atoms with Gasteiger partial charge in [-0.05, 0) is 57.9 Å². The summed E-state index contributed by atoms with van der Waals surface area (Å²) in [4.78, 5) is 0. The van der Waals surface area contributed by atoms with Crippen molar-refractivity contribution in [3.63, 3.8) is 0 Å². The molecule has 0 spiro atoms. The third-order valence-electron chi connectivity index (χ3n) is 3.48. The van der Waals surface area contributed by atoms with Gasteiger partial charge in [0.15, 0.2) is 0 Å². The highest BCUT2D eigenvalue weighted by Crippen LogP contribution is 2.33. The van der Waals surface area contributed by atoms with Crippen LogP contribution in [0.1, 0.15) is 44.0 Å². The van der Waals surface area contributed by atoms with E-state index in [0.717, 1.165) is 24.6 Å². The molecule has 3 heteroatoms. The molecule has 0 saturated heterocycles. The zero-order chi connectivity index (χ0) is 11.5. The highest BCUT2D eigenvalue weighted by atomic mass is 15.3. The minimum absolute atomic E-state index is 0.444. The van der Waals surface area contributed by atoms with E-state index in [1.165, 1.54) is 31.4 Å². The largest absolute Gasteiger partial charge is 0.327 e. The van der Waals surface area contributed by atoms with E-state index in [9.17, 15) is 0 Å². The van der Waals surface area contributed by atoms with Gasteiger partial charge in [-0.1, -0.05) is 0 Å². The second-order valence-electron chi connectivity index (χ2n) is 4.99. The Labute approximate surface area is 98.0 Å². The first-order valence-electron chi connectivity index (χ1n) is 6.49. The number of hydrogen-bond acceptors (Lipinski definition) is 2. The highest BCUT2D eigenvalue weighted by Gasteiger charge is 2.27. The topological polar surface area (TPSA) is 43.8 Å². The summed E-state index contributed by atoms with van der Waals surface area (Å²) in [5.74, 6) is 0.831. The first-order chi connectivity index (χ1) is 7.70. The summed E-state index contributed by atoms with van der Waals surface area (Å²) in [6, 6.07) is 2.64. The molecule has 1 saturated carbocycles. The molecule has 0 amide bonds. The van der Waals surface area contributed by atoms with Crippen molar-refractivity contribution >= 4 is 0 Å². The average molecular weight is 221 g/mol. The van der Waals surface area contributed by atoms with Crippen molar-refractivity contribution in [2.45, 2.75) is 58.5 Å². The Morgan fingerprint density at radius 1 is 1.56 bits per heavy atom. The number of nitrogens with two attached hydrogens (primary N) is 1. The van der Waals surface area contributed by atoms with Gasteiger partial charge in [0.2, 0.25) is 0 Å². The van der Waals surface area contributed by atoms with Crippen molar-refractivity contribution in [2.24, 2.45) is 11.7 Å². The van der Waals surface area contributed by atoms with E-state index >= 15 is 0 Å². The quantitative estimate of drug-likeness (QED) is 0.801. The number of aryl methyl sites for hydroxylation is 3. The first kappa shape index (κ1) is 11.6. The van der Waals surface area contributed by atoms with Crippen LogP contribution in [0, 0.1) is 12.8 Å². The molecule has 1 aromatic heterocycles. The molecule has 16 heavy (non-hydrogen) atoms. The van der Waals surface area contributed by atoms with Crippen LogP contribution in [-0.2, 0) is 13.0 Å². The van der Waals surface area contributed by atoms with Crippen molar-refractivity contribution in [3.05, 3.63) is 17.5 Å². The molecular formula is C13H23N3. The van der Waals surface area contributed by atoms with Gasteiger partial charge in [-0.3, -0.25) is 4.68 Å². The normalized spacial score (nSPS) is 17.7. The molecule has 1 aliphatic rings. The average Bonchev–Trinajstić information content (AvgIpc) is 3.03. The van der Waals surface area contributed by atoms with Crippen LogP contribution in [-0.4, -0.2) is 15.8 Å². The van der Waals surface area contributed by atoms with Crippen LogP contribution in [0.3, 0.4) is 0 Å². The van der Waals surface area contributed by atoms with Gasteiger partial charge in [0.1, 0.15) is 0 Å². The van der Waals surface area contributed by atoms with Crippen LogP contribution < -0.4 is 5.73 Å². The summed E-state index contributed by atoms with van der Waals surface area (Å²) in [7, 11) is 0. The molecule has 0 aromatic carbocycles. The maximum atomic E-state index is 6.10. The molecule has 1 unspecified atom stereocenters. The number of nitrogens with zero attached hydrogens (tertiary/aromatic N) is 2. The standard InChI is InChI=1S/C13H23N3/c1-3-16-12(9-10(2)15-16)5-4-6-13(14)11-7-8-11/h9,11,13H,3-8,14H2,1-2H3. The van der Waals surface area contributed by atoms with E-state index in [2.05, 4.69) is 29.7 Å². The summed E-state index contributed by atoms with van der Waals surface area (Å²) >= 11 is 0. The van der Waals surface area contributed by atoms with Crippen LogP contribution in [0.4, 0.5) is 0 Å². The fourth-order valence-corrected chi connectivity index (χ4v) is 2.35. The van der Waals surface area contributed by atoms with Gasteiger partial charge >= 0.3 is 0 Å². The van der Waals surface area contributed by atoms with Crippen molar-refractivity contribution in [2.75, 3.05) is 0 Å². The van der Waals surface area contributed by atoms with Crippen LogP contribution in [0.15, 0.2) is 6.07 Å². The molecule has 2 N–H and O–H groups in total. The minimum Gasteiger partial charge on any atom is -0.327 e. The van der Waals surface area contributed by atoms with Gasteiger partial charge in [0.25, 0.3) is 0 Å². The van der Waals surface area contributed by atoms with Gasteiger partial charge < -0.3 is 5.73 Å². The van der Waals surface area contributed by atoms with Crippen molar-refractivity contribution in [1.29, 1.82) is 0 Å². The maximum absolute atomic E-state index is 6.10. The summed E-state index contributed by atoms with van der Waals surface area (Å²) in [6.07, 6.45) is 6.19. The van der Waals surface area contributed by atoms with Crippen LogP contribution in [0.5, 0.6) is 0 Å². The Kier molecular flexibility index (Phi) is 3.64. The SMILES string of the molecule is CCn1nc(C)cc1CCCC(N)C1CC1. The lowest BCUT2D eigenvalue weighted by Gasteiger charge is -2.10. The molecule has 1 atom stereocenters. The third-order valence-corrected chi connectivity index (χ3v) is 3.48. The predicted octanol–water partition coefficient (Wildman–Crippen LogP) is 2.27. The fourth-order valence-electron chi connectivity index (χ4n) is 2.35. The fraction of sp³-hybridized carbons (Fsp3) is 0.769. The van der Waals surface area contributed by atoms with Crippen LogP contribution in [0.2, 0.25) is 0 Å². The lowest BCUT2D eigenvalue weighted by molar-refractivity contribution is 0.516. The zero-order valence-electron chi connectivity index (χ0n) is 10.4. The van der Waals surface area contributed by atoms with Crippen LogP contribution >= 0.6 is 0 Å². The summed E-state index contributed by atoms with van der Waals surface area (Å²) in [5, 5.41) is 4.46. The Morgan fingerprint density at radius 2 is 2.31 bits per heavy atom. The number of hydrogen-bond donors (Lipinski definition) is 1. The van der Waals surface area contributed by atoms with E-state index in [-0.39, 0.29) is 0 Å². The van der Waals surface area contributed by atoms with E-state index in [1.807, 2.05) is 0 Å². The molecule has 0 aliphatic heterocycles. The number of aromatic nitrogens is 2. The molecule has 3 nitrogen and oxygen atoms in total. The Balaban J connectivity index is 1.79. The third kappa shape index (κ3) is 2.85. The second-order valence-corrected chi connectivity index (χ2v) is 4.99. The van der Waals surface area contributed by atoms with E-state index in [1.54, 1.807) is 0 Å². The summed E-state index contributed by atoms with van der Waals surface area (Å²) < 4.78 is 2.11. The molecule has 1 aliphatic carbocycles. The highest BCUT2D eigenvalue weighted by molar-refractivity contribution is 5.09. The van der Waals surface area contributed by atoms with Crippen molar-refractivity contribution in [3.8, 4) is 0 Å². The Bertz CT molecular complexity index is 339. The molecule has 90 valence electrons. The number of rotatable bonds is 6. The van der Waals surface area contributed by atoms with Gasteiger partial charge in [-0.2, -0.15) is 5.10 Å². The maximum Gasteiger partial charge on any atom is 0.0596 e. The molecule has 0 bridgehead atoms. The lowest BCUT2D eigenvalue weighted by atomic mass is 10.1. The van der Waals surface area contributed by atoms with Gasteiger partial charge in [0.05, 0.1) is 5.69 Å². The minimum atomic E-state index is 0.444. The molecule has 1 aromatic rings. The monoisotopic (exact) mass is 221 g/mol. The molecule has 0 radical (unpaired) electrons. The van der Waals surface area contributed by atoms with Crippen LogP contribution in [0.25, 0.3) is 0 Å². The smallest absolute Gasteiger partial charge is 0.0596 e. The van der Waals surface area contributed by atoms with Gasteiger partial charge in [0, 0.05) is 18.3 Å². The van der Waals surface area contributed by atoms with Gasteiger partial charge in [-0.15, -0.1) is 0 Å². The second kappa shape index (κ2) is 5.00. The van der Waals surface area contributed by atoms with Gasteiger partial charge in [-0.25, -0.2) is 0 Å². The molecule has 1 fully saturated rings. The Morgan fingerprint density at radius 3 is 2.94 bits per heavy atom. The zero-order valence-corrected chi connectivity index (χ0v) is 10.4. The predicted molar refractivity (Wildman–Crippen MR) is 66.3 cm³/mol. The van der Waals surface area contributed by atoms with Crippen molar-refractivity contribution < 1.29 is 0 Å². The van der Waals surface area contributed by atoms with E-state index < -0.39 is 0 Å². The van der Waals surface area contributed by atoms with Crippen molar-refractivity contribution in [1.82, 2.24) is 9.78 Å². The summed E-state index contributed by atoms with van der Waals surface area (Å²) in [6.45, 7) is 5.18. The molecule has 2 rings (SSSR count). The molecule has 1 heterocycles. The van der Waals surface area contributed by atoms with E-state index in [0.29, 0.717) is 6.04 Å². The Hall–Kier alpha value is -0.830. The summed E-state index contributed by atoms with van der Waals surface area (Å²) in [5.41, 5.74) is 8.59. The first-order valence-corrected chi connectivity index (χ1v) is 6.49.